The van der Waals surface area contributed by atoms with Crippen LogP contribution >= 0.6 is 0 Å². The molecule has 0 bridgehead atoms. The molecule has 0 atom stereocenters. The van der Waals surface area contributed by atoms with Crippen LogP contribution in [0.1, 0.15) is 5.56 Å². The molecule has 0 unspecified atom stereocenters. The lowest BCUT2D eigenvalue weighted by Gasteiger charge is -2.09. The van der Waals surface area contributed by atoms with Crippen molar-refractivity contribution in [3.05, 3.63) is 35.9 Å². The van der Waals surface area contributed by atoms with Crippen molar-refractivity contribution in [3.8, 4) is 0 Å². The molecule has 0 heterocycles. The Hall–Kier alpha value is -1.55. The molecule has 0 saturated carbocycles. The van der Waals surface area contributed by atoms with Crippen LogP contribution in [0.4, 0.5) is 4.79 Å². The molecule has 0 fully saturated rings. The highest BCUT2D eigenvalue weighted by atomic mass is 16.6. The molecule has 0 aliphatic heterocycles. The fraction of sp³-hybridized carbons (Fsp3) is 0.125. The van der Waals surface area contributed by atoms with Gasteiger partial charge in [-0.3, -0.25) is 5.21 Å². The lowest BCUT2D eigenvalue weighted by Crippen LogP contribution is -2.24. The summed E-state index contributed by atoms with van der Waals surface area (Å²) < 4.78 is 0. The minimum atomic E-state index is -1.35. The van der Waals surface area contributed by atoms with E-state index in [1.54, 1.807) is 24.3 Å². The van der Waals surface area contributed by atoms with Crippen molar-refractivity contribution < 1.29 is 15.1 Å². The third kappa shape index (κ3) is 2.25. The van der Waals surface area contributed by atoms with Gasteiger partial charge in [-0.2, -0.15) is 5.06 Å². The van der Waals surface area contributed by atoms with Crippen molar-refractivity contribution in [2.45, 2.75) is 6.54 Å². The van der Waals surface area contributed by atoms with Gasteiger partial charge in [0.1, 0.15) is 0 Å². The Bertz CT molecular complexity index is 260. The van der Waals surface area contributed by atoms with Crippen LogP contribution < -0.4 is 0 Å². The Balaban J connectivity index is 2.58. The van der Waals surface area contributed by atoms with Crippen LogP contribution in [0.25, 0.3) is 0 Å². The van der Waals surface area contributed by atoms with Crippen LogP contribution in [-0.4, -0.2) is 21.5 Å². The maximum atomic E-state index is 10.2. The molecule has 4 nitrogen and oxygen atoms in total. The van der Waals surface area contributed by atoms with Gasteiger partial charge in [0.15, 0.2) is 0 Å². The molecule has 0 aliphatic carbocycles. The molecular formula is C8H9NO3. The van der Waals surface area contributed by atoms with Crippen LogP contribution in [0.2, 0.25) is 0 Å². The summed E-state index contributed by atoms with van der Waals surface area (Å²) in [5.74, 6) is 0. The number of hydrogen-bond acceptors (Lipinski definition) is 2. The van der Waals surface area contributed by atoms with Gasteiger partial charge in [-0.1, -0.05) is 30.3 Å². The van der Waals surface area contributed by atoms with Crippen molar-refractivity contribution in [2.24, 2.45) is 0 Å². The molecule has 0 saturated heterocycles. The van der Waals surface area contributed by atoms with Crippen molar-refractivity contribution >= 4 is 6.09 Å². The summed E-state index contributed by atoms with van der Waals surface area (Å²) in [7, 11) is 0. The summed E-state index contributed by atoms with van der Waals surface area (Å²) in [6.07, 6.45) is -1.35. The van der Waals surface area contributed by atoms with E-state index in [-0.39, 0.29) is 11.6 Å². The van der Waals surface area contributed by atoms with E-state index >= 15 is 0 Å². The van der Waals surface area contributed by atoms with Crippen molar-refractivity contribution in [1.29, 1.82) is 0 Å². The Morgan fingerprint density at radius 1 is 1.33 bits per heavy atom. The lowest BCUT2D eigenvalue weighted by molar-refractivity contribution is -0.0709. The molecular weight excluding hydrogens is 158 g/mol. The SMILES string of the molecule is O=C(O)N(O)Cc1ccccc1. The van der Waals surface area contributed by atoms with E-state index in [0.29, 0.717) is 0 Å². The molecule has 12 heavy (non-hydrogen) atoms. The van der Waals surface area contributed by atoms with Gasteiger partial charge in [-0.25, -0.2) is 4.79 Å². The van der Waals surface area contributed by atoms with Crippen LogP contribution in [0, 0.1) is 0 Å². The Morgan fingerprint density at radius 3 is 2.42 bits per heavy atom. The normalized spacial score (nSPS) is 9.42. The van der Waals surface area contributed by atoms with Gasteiger partial charge in [-0.05, 0) is 5.56 Å². The quantitative estimate of drug-likeness (QED) is 0.519. The first-order valence-electron chi connectivity index (χ1n) is 3.43. The first-order chi connectivity index (χ1) is 5.70. The molecule has 1 aromatic rings. The third-order valence-electron chi connectivity index (χ3n) is 1.40. The highest BCUT2D eigenvalue weighted by molar-refractivity contribution is 5.63. The highest BCUT2D eigenvalue weighted by Gasteiger charge is 2.06. The molecule has 2 N–H and O–H groups in total. The monoisotopic (exact) mass is 167 g/mol. The third-order valence-corrected chi connectivity index (χ3v) is 1.40. The second-order valence-corrected chi connectivity index (χ2v) is 2.33. The second-order valence-electron chi connectivity index (χ2n) is 2.33. The minimum Gasteiger partial charge on any atom is -0.463 e. The summed E-state index contributed by atoms with van der Waals surface area (Å²) in [4.78, 5) is 10.2. The number of rotatable bonds is 2. The van der Waals surface area contributed by atoms with Crippen molar-refractivity contribution in [2.75, 3.05) is 0 Å². The maximum Gasteiger partial charge on any atom is 0.431 e. The molecule has 0 aliphatic rings. The standard InChI is InChI=1S/C8H9NO3/c10-8(11)9(12)6-7-4-2-1-3-5-7/h1-5,12H,6H2,(H,10,11). The number of amides is 1. The summed E-state index contributed by atoms with van der Waals surface area (Å²) in [5, 5.41) is 17.4. The van der Waals surface area contributed by atoms with Crippen molar-refractivity contribution in [3.63, 3.8) is 0 Å². The second kappa shape index (κ2) is 3.73. The van der Waals surface area contributed by atoms with Gasteiger partial charge >= 0.3 is 6.09 Å². The molecule has 0 radical (unpaired) electrons. The number of hydroxylamine groups is 2. The number of benzene rings is 1. The Kier molecular flexibility index (Phi) is 2.66. The zero-order chi connectivity index (χ0) is 8.97. The Labute approximate surface area is 69.6 Å². The average Bonchev–Trinajstić information content (AvgIpc) is 2.06. The van der Waals surface area contributed by atoms with Crippen molar-refractivity contribution in [1.82, 2.24) is 5.06 Å². The molecule has 0 spiro atoms. The van der Waals surface area contributed by atoms with Crippen LogP contribution in [0.15, 0.2) is 30.3 Å². The zero-order valence-electron chi connectivity index (χ0n) is 6.34. The largest absolute Gasteiger partial charge is 0.463 e. The molecule has 1 rings (SSSR count). The van der Waals surface area contributed by atoms with Gasteiger partial charge in [0.25, 0.3) is 0 Å². The number of hydrogen-bond donors (Lipinski definition) is 2. The number of nitrogens with zero attached hydrogens (tertiary/aromatic N) is 1. The van der Waals surface area contributed by atoms with E-state index in [9.17, 15) is 4.79 Å². The first kappa shape index (κ1) is 8.55. The summed E-state index contributed by atoms with van der Waals surface area (Å²) in [6.45, 7) is -0.00380. The topological polar surface area (TPSA) is 60.8 Å². The van der Waals surface area contributed by atoms with E-state index < -0.39 is 6.09 Å². The van der Waals surface area contributed by atoms with Gasteiger partial charge in [-0.15, -0.1) is 0 Å². The predicted molar refractivity (Wildman–Crippen MR) is 41.8 cm³/mol. The predicted octanol–water partition coefficient (Wildman–Crippen LogP) is 1.56. The maximum absolute atomic E-state index is 10.2. The molecule has 0 aromatic heterocycles. The summed E-state index contributed by atoms with van der Waals surface area (Å²) in [5.41, 5.74) is 0.752. The molecule has 1 aromatic carbocycles. The summed E-state index contributed by atoms with van der Waals surface area (Å²) in [6, 6.07) is 8.88. The van der Waals surface area contributed by atoms with E-state index in [4.69, 9.17) is 10.3 Å². The smallest absolute Gasteiger partial charge is 0.431 e. The van der Waals surface area contributed by atoms with Crippen LogP contribution in [-0.2, 0) is 6.54 Å². The summed E-state index contributed by atoms with van der Waals surface area (Å²) >= 11 is 0. The molecule has 4 heteroatoms. The minimum absolute atomic E-state index is 0.00380. The van der Waals surface area contributed by atoms with E-state index in [1.807, 2.05) is 6.07 Å². The van der Waals surface area contributed by atoms with Gasteiger partial charge in [0.2, 0.25) is 0 Å². The van der Waals surface area contributed by atoms with E-state index in [1.165, 1.54) is 0 Å². The fourth-order valence-corrected chi connectivity index (χ4v) is 0.824. The fourth-order valence-electron chi connectivity index (χ4n) is 0.824. The first-order valence-corrected chi connectivity index (χ1v) is 3.43. The van der Waals surface area contributed by atoms with Crippen LogP contribution in [0.3, 0.4) is 0 Å². The van der Waals surface area contributed by atoms with Gasteiger partial charge < -0.3 is 5.11 Å². The number of carboxylic acid groups (broad SMARTS) is 1. The zero-order valence-corrected chi connectivity index (χ0v) is 6.34. The molecule has 64 valence electrons. The average molecular weight is 167 g/mol. The van der Waals surface area contributed by atoms with E-state index in [0.717, 1.165) is 5.56 Å². The highest BCUT2D eigenvalue weighted by Crippen LogP contribution is 2.01. The Morgan fingerprint density at radius 2 is 1.92 bits per heavy atom. The van der Waals surface area contributed by atoms with Crippen LogP contribution in [0.5, 0.6) is 0 Å². The molecule has 1 amide bonds. The number of carbonyl (C=O) groups is 1. The lowest BCUT2D eigenvalue weighted by atomic mass is 10.2. The van der Waals surface area contributed by atoms with Gasteiger partial charge in [0.05, 0.1) is 6.54 Å². The van der Waals surface area contributed by atoms with E-state index in [2.05, 4.69) is 0 Å². The van der Waals surface area contributed by atoms with Gasteiger partial charge in [0, 0.05) is 0 Å².